The lowest BCUT2D eigenvalue weighted by atomic mass is 9.34. The van der Waals surface area contributed by atoms with Gasteiger partial charge in [0.1, 0.15) is 0 Å². The molecule has 0 saturated heterocycles. The zero-order chi connectivity index (χ0) is 28.9. The van der Waals surface area contributed by atoms with Crippen molar-refractivity contribution in [3.05, 3.63) is 22.2 Å². The van der Waals surface area contributed by atoms with E-state index in [4.69, 9.17) is 4.74 Å². The molecule has 5 aliphatic carbocycles. The number of ketones is 1. The van der Waals surface area contributed by atoms with Crippen molar-refractivity contribution >= 4 is 23.3 Å². The van der Waals surface area contributed by atoms with Crippen LogP contribution in [-0.4, -0.2) is 27.9 Å². The number of esters is 1. The molecule has 5 nitrogen and oxygen atoms in total. The van der Waals surface area contributed by atoms with Gasteiger partial charge in [-0.05, 0) is 116 Å². The van der Waals surface area contributed by atoms with E-state index in [1.165, 1.54) is 22.0 Å². The monoisotopic (exact) mass is 566 g/mol. The van der Waals surface area contributed by atoms with Crippen molar-refractivity contribution in [2.24, 2.45) is 44.8 Å². The predicted octanol–water partition coefficient (Wildman–Crippen LogP) is 7.88. The molecule has 0 amide bonds. The van der Waals surface area contributed by atoms with Crippen molar-refractivity contribution < 1.29 is 14.3 Å². The molecule has 1 aromatic heterocycles. The molecule has 0 N–H and O–H groups in total. The quantitative estimate of drug-likeness (QED) is 0.274. The molecule has 6 rings (SSSR count). The molecule has 8 atom stereocenters. The molecule has 3 saturated carbocycles. The summed E-state index contributed by atoms with van der Waals surface area (Å²) in [6.45, 7) is 19.2. The Hall–Kier alpha value is -1.56. The standard InChI is InChI=1S/C34H50N2O3S/c1-9-10-17-39-28(38)31(5)14-13-30(4)15-16-33(7)21(22(30)19-31)18-23(37)26-32(6)20-24-27(35-36-40-24)29(2,3)25(32)11-12-34(26,33)8/h18,22,25-26H,9-17,19-20H2,1-8H3/t22-,25?,26?,30+,31-,32-,33+,34+/m0/s1. The Balaban J connectivity index is 1.40. The van der Waals surface area contributed by atoms with Gasteiger partial charge >= 0.3 is 5.97 Å². The van der Waals surface area contributed by atoms with E-state index in [9.17, 15) is 9.59 Å². The highest BCUT2D eigenvalue weighted by Crippen LogP contribution is 2.74. The first-order valence-electron chi connectivity index (χ1n) is 15.9. The Bertz CT molecular complexity index is 1270. The van der Waals surface area contributed by atoms with Gasteiger partial charge in [-0.3, -0.25) is 9.59 Å². The van der Waals surface area contributed by atoms with Crippen LogP contribution in [0.1, 0.15) is 124 Å². The summed E-state index contributed by atoms with van der Waals surface area (Å²) in [7, 11) is 0. The first-order valence-corrected chi connectivity index (χ1v) is 16.7. The third-order valence-electron chi connectivity index (χ3n) is 13.6. The van der Waals surface area contributed by atoms with Gasteiger partial charge in [0.2, 0.25) is 0 Å². The van der Waals surface area contributed by atoms with Crippen LogP contribution < -0.4 is 0 Å². The summed E-state index contributed by atoms with van der Waals surface area (Å²) >= 11 is 1.54. The Morgan fingerprint density at radius 2 is 1.77 bits per heavy atom. The number of ether oxygens (including phenoxy) is 1. The zero-order valence-electron chi connectivity index (χ0n) is 26.1. The molecule has 0 spiro atoms. The average Bonchev–Trinajstić information content (AvgIpc) is 3.35. The molecule has 220 valence electrons. The molecular formula is C34H50N2O3S. The molecule has 0 radical (unpaired) electrons. The summed E-state index contributed by atoms with van der Waals surface area (Å²) < 4.78 is 10.2. The first-order chi connectivity index (χ1) is 18.7. The molecular weight excluding hydrogens is 516 g/mol. The van der Waals surface area contributed by atoms with Gasteiger partial charge in [0.05, 0.1) is 17.7 Å². The number of unbranched alkanes of at least 4 members (excludes halogenated alkanes) is 1. The molecule has 1 aromatic rings. The topological polar surface area (TPSA) is 69.2 Å². The van der Waals surface area contributed by atoms with Gasteiger partial charge in [0, 0.05) is 16.2 Å². The first kappa shape index (κ1) is 28.6. The fourth-order valence-electron chi connectivity index (χ4n) is 11.0. The van der Waals surface area contributed by atoms with Gasteiger partial charge in [-0.25, -0.2) is 0 Å². The van der Waals surface area contributed by atoms with E-state index in [2.05, 4.69) is 71.1 Å². The van der Waals surface area contributed by atoms with Crippen molar-refractivity contribution in [3.63, 3.8) is 0 Å². The van der Waals surface area contributed by atoms with Crippen LogP contribution in [0.3, 0.4) is 0 Å². The number of aromatic nitrogens is 2. The van der Waals surface area contributed by atoms with E-state index in [1.807, 2.05) is 0 Å². The zero-order valence-corrected chi connectivity index (χ0v) is 26.9. The van der Waals surface area contributed by atoms with Crippen LogP contribution >= 0.6 is 11.5 Å². The Kier molecular flexibility index (Phi) is 6.40. The number of nitrogens with zero attached hydrogens (tertiary/aromatic N) is 2. The SMILES string of the molecule is CCCCOC(=O)[C@@]1(C)CC[C@]2(C)CC[C@]3(C)C(=CC(=O)C4[C@@]5(C)Cc6snnc6C(C)(C)C5CC[C@]43C)[C@@H]2C1. The number of hydrogen-bond acceptors (Lipinski definition) is 6. The molecule has 3 fully saturated rings. The van der Waals surface area contributed by atoms with Gasteiger partial charge in [-0.1, -0.05) is 64.9 Å². The van der Waals surface area contributed by atoms with Crippen molar-refractivity contribution in [2.45, 2.75) is 125 Å². The van der Waals surface area contributed by atoms with Crippen LogP contribution in [0.25, 0.3) is 0 Å². The Labute approximate surface area is 245 Å². The number of carbonyl (C=O) groups excluding carboxylic acids is 2. The summed E-state index contributed by atoms with van der Waals surface area (Å²) in [5.41, 5.74) is 1.80. The summed E-state index contributed by atoms with van der Waals surface area (Å²) in [6, 6.07) is 0. The molecule has 0 aliphatic heterocycles. The second-order valence-corrected chi connectivity index (χ2v) is 17.0. The largest absolute Gasteiger partial charge is 0.465 e. The van der Waals surface area contributed by atoms with E-state index in [1.54, 1.807) is 0 Å². The number of hydrogen-bond donors (Lipinski definition) is 0. The molecule has 2 unspecified atom stereocenters. The normalized spacial score (nSPS) is 45.2. The second kappa shape index (κ2) is 8.97. The van der Waals surface area contributed by atoms with E-state index in [0.29, 0.717) is 18.3 Å². The van der Waals surface area contributed by atoms with E-state index >= 15 is 0 Å². The van der Waals surface area contributed by atoms with Crippen molar-refractivity contribution in [1.29, 1.82) is 0 Å². The minimum Gasteiger partial charge on any atom is -0.465 e. The predicted molar refractivity (Wildman–Crippen MR) is 159 cm³/mol. The van der Waals surface area contributed by atoms with E-state index in [-0.39, 0.29) is 44.9 Å². The number of rotatable bonds is 4. The molecule has 6 heteroatoms. The summed E-state index contributed by atoms with van der Waals surface area (Å²) in [6.07, 6.45) is 12.1. The van der Waals surface area contributed by atoms with E-state index in [0.717, 1.165) is 69.9 Å². The highest BCUT2D eigenvalue weighted by atomic mass is 32.1. The summed E-state index contributed by atoms with van der Waals surface area (Å²) in [4.78, 5) is 29.3. The summed E-state index contributed by atoms with van der Waals surface area (Å²) in [5.74, 6) is 0.938. The minimum atomic E-state index is -0.482. The number of allylic oxidation sites excluding steroid dienone is 2. The molecule has 40 heavy (non-hydrogen) atoms. The van der Waals surface area contributed by atoms with Gasteiger partial charge in [0.25, 0.3) is 0 Å². The maximum absolute atomic E-state index is 14.6. The highest BCUT2D eigenvalue weighted by Gasteiger charge is 2.70. The summed E-state index contributed by atoms with van der Waals surface area (Å²) in [5, 5.41) is 4.59. The van der Waals surface area contributed by atoms with Gasteiger partial charge < -0.3 is 4.74 Å². The highest BCUT2D eigenvalue weighted by molar-refractivity contribution is 7.05. The maximum Gasteiger partial charge on any atom is 0.311 e. The maximum atomic E-state index is 14.6. The fraction of sp³-hybridized carbons (Fsp3) is 0.824. The lowest BCUT2D eigenvalue weighted by Crippen LogP contribution is -2.66. The van der Waals surface area contributed by atoms with Crippen molar-refractivity contribution in [2.75, 3.05) is 6.61 Å². The van der Waals surface area contributed by atoms with Crippen molar-refractivity contribution in [3.8, 4) is 0 Å². The molecule has 5 aliphatic rings. The third kappa shape index (κ3) is 3.62. The van der Waals surface area contributed by atoms with Crippen LogP contribution in [0.4, 0.5) is 0 Å². The van der Waals surface area contributed by atoms with Crippen LogP contribution in [0.15, 0.2) is 11.6 Å². The van der Waals surface area contributed by atoms with Crippen molar-refractivity contribution in [1.82, 2.24) is 9.59 Å². The molecule has 1 heterocycles. The number of carbonyl (C=O) groups is 2. The smallest absolute Gasteiger partial charge is 0.311 e. The lowest BCUT2D eigenvalue weighted by Gasteiger charge is -2.69. The molecule has 0 aromatic carbocycles. The minimum absolute atomic E-state index is 0.0136. The van der Waals surface area contributed by atoms with Crippen LogP contribution in [0, 0.1) is 44.8 Å². The lowest BCUT2D eigenvalue weighted by molar-refractivity contribution is -0.174. The van der Waals surface area contributed by atoms with Gasteiger partial charge in [-0.2, -0.15) is 0 Å². The average molecular weight is 567 g/mol. The second-order valence-electron chi connectivity index (χ2n) is 16.2. The Morgan fingerprint density at radius 1 is 1.05 bits per heavy atom. The van der Waals surface area contributed by atoms with Crippen LogP contribution in [0.5, 0.6) is 0 Å². The fourth-order valence-corrected chi connectivity index (χ4v) is 12.0. The van der Waals surface area contributed by atoms with Gasteiger partial charge in [-0.15, -0.1) is 5.10 Å². The van der Waals surface area contributed by atoms with Gasteiger partial charge in [0.15, 0.2) is 5.78 Å². The third-order valence-corrected chi connectivity index (χ3v) is 14.4. The number of fused-ring (bicyclic) bond motifs is 8. The molecule has 0 bridgehead atoms. The van der Waals surface area contributed by atoms with E-state index < -0.39 is 5.41 Å². The Morgan fingerprint density at radius 3 is 2.50 bits per heavy atom. The van der Waals surface area contributed by atoms with Crippen LogP contribution in [-0.2, 0) is 26.2 Å². The van der Waals surface area contributed by atoms with Crippen LogP contribution in [0.2, 0.25) is 0 Å².